The van der Waals surface area contributed by atoms with E-state index < -0.39 is 5.97 Å². The monoisotopic (exact) mass is 236 g/mol. The Bertz CT molecular complexity index is 362. The lowest BCUT2D eigenvalue weighted by molar-refractivity contribution is -0.305. The number of fused-ring (bicyclic) bond motifs is 1. The molecule has 0 spiro atoms. The van der Waals surface area contributed by atoms with Crippen LogP contribution in [0.3, 0.4) is 0 Å². The lowest BCUT2D eigenvalue weighted by atomic mass is 9.85. The van der Waals surface area contributed by atoms with E-state index in [0.29, 0.717) is 12.8 Å². The van der Waals surface area contributed by atoms with Gasteiger partial charge in [-0.3, -0.25) is 14.5 Å². The van der Waals surface area contributed by atoms with Crippen molar-refractivity contribution in [1.82, 2.24) is 4.90 Å². The highest BCUT2D eigenvalue weighted by molar-refractivity contribution is 6.05. The molecule has 17 heavy (non-hydrogen) atoms. The number of nitrogens with zero attached hydrogens (tertiary/aromatic N) is 1. The number of carbonyl (C=O) groups excluding carboxylic acids is 3. The van der Waals surface area contributed by atoms with Crippen LogP contribution in [-0.2, 0) is 14.4 Å². The second-order valence-electron chi connectivity index (χ2n) is 4.46. The summed E-state index contributed by atoms with van der Waals surface area (Å²) in [6, 6.07) is 0. The van der Waals surface area contributed by atoms with E-state index >= 15 is 0 Å². The van der Waals surface area contributed by atoms with Gasteiger partial charge in [0.15, 0.2) is 0 Å². The van der Waals surface area contributed by atoms with Gasteiger partial charge in [0, 0.05) is 12.5 Å². The van der Waals surface area contributed by atoms with Crippen LogP contribution < -0.4 is 5.11 Å². The lowest BCUT2D eigenvalue weighted by Crippen LogP contribution is -2.33. The van der Waals surface area contributed by atoms with Crippen molar-refractivity contribution in [3.63, 3.8) is 0 Å². The van der Waals surface area contributed by atoms with Gasteiger partial charge >= 0.3 is 0 Å². The molecule has 0 N–H and O–H groups in total. The van der Waals surface area contributed by atoms with E-state index in [1.54, 1.807) is 0 Å². The highest BCUT2D eigenvalue weighted by Crippen LogP contribution is 2.34. The van der Waals surface area contributed by atoms with Crippen molar-refractivity contribution in [2.24, 2.45) is 11.8 Å². The molecular formula is C12H14NO4-. The molecule has 0 unspecified atom stereocenters. The third-order valence-corrected chi connectivity index (χ3v) is 3.36. The Balaban J connectivity index is 1.98. The standard InChI is InChI=1S/C12H15NO4/c14-10(15)6-3-7-13-11(16)8-4-1-2-5-9(8)12(13)17/h1-2,8-9H,3-7H2,(H,14,15)/p-1/t8-,9-/m1/s1. The first-order valence-electron chi connectivity index (χ1n) is 5.81. The number of carboxylic acids is 1. The molecule has 1 heterocycles. The molecule has 1 saturated heterocycles. The van der Waals surface area contributed by atoms with Gasteiger partial charge in [0.05, 0.1) is 11.8 Å². The van der Waals surface area contributed by atoms with Crippen LogP contribution in [0.5, 0.6) is 0 Å². The summed E-state index contributed by atoms with van der Waals surface area (Å²) in [7, 11) is 0. The summed E-state index contributed by atoms with van der Waals surface area (Å²) in [6.45, 7) is 0.193. The predicted octanol–water partition coefficient (Wildman–Crippen LogP) is -0.532. The highest BCUT2D eigenvalue weighted by atomic mass is 16.4. The number of amides is 2. The van der Waals surface area contributed by atoms with Gasteiger partial charge in [-0.25, -0.2) is 0 Å². The summed E-state index contributed by atoms with van der Waals surface area (Å²) in [5.41, 5.74) is 0. The minimum atomic E-state index is -1.15. The minimum Gasteiger partial charge on any atom is -0.550 e. The van der Waals surface area contributed by atoms with Gasteiger partial charge in [-0.05, 0) is 25.7 Å². The zero-order valence-electron chi connectivity index (χ0n) is 9.43. The largest absolute Gasteiger partial charge is 0.550 e. The van der Waals surface area contributed by atoms with Crippen LogP contribution in [0.1, 0.15) is 25.7 Å². The first-order valence-corrected chi connectivity index (χ1v) is 5.81. The third-order valence-electron chi connectivity index (χ3n) is 3.36. The smallest absolute Gasteiger partial charge is 0.233 e. The molecule has 0 aromatic carbocycles. The molecule has 2 rings (SSSR count). The van der Waals surface area contributed by atoms with E-state index in [2.05, 4.69) is 0 Å². The van der Waals surface area contributed by atoms with E-state index in [0.717, 1.165) is 0 Å². The molecule has 92 valence electrons. The SMILES string of the molecule is O=C([O-])CCCN1C(=O)[C@@H]2CC=CC[C@H]2C1=O. The van der Waals surface area contributed by atoms with Crippen molar-refractivity contribution in [2.75, 3.05) is 6.54 Å². The number of rotatable bonds is 4. The molecule has 0 aromatic rings. The Labute approximate surface area is 99.1 Å². The molecule has 0 aromatic heterocycles. The maximum atomic E-state index is 11.9. The highest BCUT2D eigenvalue weighted by Gasteiger charge is 2.46. The second-order valence-corrected chi connectivity index (χ2v) is 4.46. The fourth-order valence-electron chi connectivity index (χ4n) is 2.47. The molecule has 1 aliphatic heterocycles. The van der Waals surface area contributed by atoms with Crippen LogP contribution in [0.25, 0.3) is 0 Å². The maximum absolute atomic E-state index is 11.9. The number of allylic oxidation sites excluding steroid dienone is 2. The van der Waals surface area contributed by atoms with Gasteiger partial charge in [-0.15, -0.1) is 0 Å². The zero-order chi connectivity index (χ0) is 12.4. The van der Waals surface area contributed by atoms with Crippen LogP contribution in [0.15, 0.2) is 12.2 Å². The molecule has 0 bridgehead atoms. The Morgan fingerprint density at radius 3 is 2.24 bits per heavy atom. The third kappa shape index (κ3) is 2.23. The quantitative estimate of drug-likeness (QED) is 0.485. The normalized spacial score (nSPS) is 27.4. The lowest BCUT2D eigenvalue weighted by Gasteiger charge is -2.14. The molecular weight excluding hydrogens is 222 g/mol. The topological polar surface area (TPSA) is 77.5 Å². The van der Waals surface area contributed by atoms with Gasteiger partial charge in [0.25, 0.3) is 0 Å². The van der Waals surface area contributed by atoms with Gasteiger partial charge in [0.2, 0.25) is 11.8 Å². The van der Waals surface area contributed by atoms with Gasteiger partial charge in [-0.2, -0.15) is 0 Å². The summed E-state index contributed by atoms with van der Waals surface area (Å²) in [6.07, 6.45) is 5.24. The van der Waals surface area contributed by atoms with Crippen molar-refractivity contribution >= 4 is 17.8 Å². The molecule has 1 aliphatic carbocycles. The first kappa shape index (κ1) is 11.8. The molecule has 0 saturated carbocycles. The summed E-state index contributed by atoms with van der Waals surface area (Å²) < 4.78 is 0. The first-order chi connectivity index (χ1) is 8.11. The summed E-state index contributed by atoms with van der Waals surface area (Å²) >= 11 is 0. The fourth-order valence-corrected chi connectivity index (χ4v) is 2.47. The van der Waals surface area contributed by atoms with E-state index in [4.69, 9.17) is 0 Å². The maximum Gasteiger partial charge on any atom is 0.233 e. The van der Waals surface area contributed by atoms with Crippen molar-refractivity contribution in [3.8, 4) is 0 Å². The van der Waals surface area contributed by atoms with Crippen LogP contribution in [-0.4, -0.2) is 29.2 Å². The van der Waals surface area contributed by atoms with E-state index in [1.807, 2.05) is 12.2 Å². The number of imide groups is 1. The average Bonchev–Trinajstić information content (AvgIpc) is 2.54. The molecule has 2 aliphatic rings. The van der Waals surface area contributed by atoms with Crippen molar-refractivity contribution in [1.29, 1.82) is 0 Å². The Morgan fingerprint density at radius 2 is 1.76 bits per heavy atom. The van der Waals surface area contributed by atoms with Crippen molar-refractivity contribution < 1.29 is 19.5 Å². The molecule has 2 atom stereocenters. The minimum absolute atomic E-state index is 0.120. The second kappa shape index (κ2) is 4.69. The molecule has 5 nitrogen and oxygen atoms in total. The molecule has 0 radical (unpaired) electrons. The number of aliphatic carboxylic acids is 1. The van der Waals surface area contributed by atoms with Crippen LogP contribution in [0.2, 0.25) is 0 Å². The van der Waals surface area contributed by atoms with Gasteiger partial charge in [-0.1, -0.05) is 12.2 Å². The van der Waals surface area contributed by atoms with E-state index in [-0.39, 0.29) is 43.0 Å². The van der Waals surface area contributed by atoms with Crippen LogP contribution >= 0.6 is 0 Å². The number of carbonyl (C=O) groups is 3. The van der Waals surface area contributed by atoms with E-state index in [1.165, 1.54) is 4.90 Å². The summed E-state index contributed by atoms with van der Waals surface area (Å²) in [4.78, 5) is 35.4. The number of carboxylic acid groups (broad SMARTS) is 1. The van der Waals surface area contributed by atoms with Crippen molar-refractivity contribution in [2.45, 2.75) is 25.7 Å². The number of hydrogen-bond donors (Lipinski definition) is 0. The summed E-state index contributed by atoms with van der Waals surface area (Å²) in [5.74, 6) is -1.90. The van der Waals surface area contributed by atoms with Gasteiger partial charge in [0.1, 0.15) is 0 Å². The Hall–Kier alpha value is -1.65. The summed E-state index contributed by atoms with van der Waals surface area (Å²) in [5, 5.41) is 10.3. The molecule has 5 heteroatoms. The van der Waals surface area contributed by atoms with Gasteiger partial charge < -0.3 is 9.90 Å². The zero-order valence-corrected chi connectivity index (χ0v) is 9.43. The number of hydrogen-bond acceptors (Lipinski definition) is 4. The number of likely N-dealkylation sites (tertiary alicyclic amines) is 1. The van der Waals surface area contributed by atoms with Crippen molar-refractivity contribution in [3.05, 3.63) is 12.2 Å². The Morgan fingerprint density at radius 1 is 1.24 bits per heavy atom. The fraction of sp³-hybridized carbons (Fsp3) is 0.583. The average molecular weight is 236 g/mol. The predicted molar refractivity (Wildman–Crippen MR) is 56.3 cm³/mol. The van der Waals surface area contributed by atoms with E-state index in [9.17, 15) is 19.5 Å². The van der Waals surface area contributed by atoms with Crippen LogP contribution in [0, 0.1) is 11.8 Å². The van der Waals surface area contributed by atoms with Crippen LogP contribution in [0.4, 0.5) is 0 Å². The molecule has 1 fully saturated rings. The Kier molecular flexibility index (Phi) is 3.26. The molecule has 2 amide bonds.